The Hall–Kier alpha value is -2.25. The highest BCUT2D eigenvalue weighted by molar-refractivity contribution is 6.23. The number of guanidine groups is 1. The van der Waals surface area contributed by atoms with Crippen molar-refractivity contribution in [3.63, 3.8) is 0 Å². The van der Waals surface area contributed by atoms with Crippen molar-refractivity contribution in [2.75, 3.05) is 27.2 Å². The average molecular weight is 319 g/mol. The first-order valence-electron chi connectivity index (χ1n) is 7.90. The predicted octanol–water partition coefficient (Wildman–Crippen LogP) is 0.397. The van der Waals surface area contributed by atoms with Crippen LogP contribution < -0.4 is 0 Å². The van der Waals surface area contributed by atoms with E-state index in [1.54, 1.807) is 7.05 Å². The lowest BCUT2D eigenvalue weighted by Gasteiger charge is -2.32. The lowest BCUT2D eigenvalue weighted by Crippen LogP contribution is -2.62. The number of fused-ring (bicyclic) bond motifs is 2. The number of nitrogens with zero attached hydrogens (tertiary/aromatic N) is 6. The summed E-state index contributed by atoms with van der Waals surface area (Å²) in [7, 11) is 3.17. The fourth-order valence-corrected chi connectivity index (χ4v) is 3.01. The summed E-state index contributed by atoms with van der Waals surface area (Å²) in [5.74, 6) is 1.47. The van der Waals surface area contributed by atoms with Gasteiger partial charge in [0, 0.05) is 14.1 Å². The topological polar surface area (TPSA) is 71.6 Å². The molecule has 3 aliphatic rings. The molecule has 8 nitrogen and oxygen atoms in total. The first-order valence-corrected chi connectivity index (χ1v) is 7.90. The van der Waals surface area contributed by atoms with Gasteiger partial charge in [-0.05, 0) is 19.3 Å². The summed E-state index contributed by atoms with van der Waals surface area (Å²) in [6, 6.07) is -0.887. The van der Waals surface area contributed by atoms with Gasteiger partial charge >= 0.3 is 12.0 Å². The van der Waals surface area contributed by atoms with Gasteiger partial charge in [0.05, 0.1) is 12.3 Å². The minimum Gasteiger partial charge on any atom is -0.270 e. The van der Waals surface area contributed by atoms with E-state index >= 15 is 0 Å². The fourth-order valence-electron chi connectivity index (χ4n) is 3.01. The molecular weight excluding hydrogens is 296 g/mol. The lowest BCUT2D eigenvalue weighted by atomic mass is 10.1. The summed E-state index contributed by atoms with van der Waals surface area (Å²) >= 11 is 0. The first-order chi connectivity index (χ1) is 10.8. The van der Waals surface area contributed by atoms with E-state index in [1.807, 2.05) is 16.5 Å². The van der Waals surface area contributed by atoms with Crippen LogP contribution in [0.25, 0.3) is 0 Å². The molecule has 3 aliphatic heterocycles. The van der Waals surface area contributed by atoms with Crippen LogP contribution in [-0.2, 0) is 4.79 Å². The van der Waals surface area contributed by atoms with Crippen molar-refractivity contribution in [3.8, 4) is 0 Å². The molecule has 1 unspecified atom stereocenters. The summed E-state index contributed by atoms with van der Waals surface area (Å²) in [6.45, 7) is 7.56. The molecule has 0 aliphatic carbocycles. The highest BCUT2D eigenvalue weighted by atomic mass is 16.2. The molecule has 124 valence electrons. The second kappa shape index (κ2) is 5.43. The SMILES string of the molecule is CC1=NN(CCC(C)C)C2=[N+](C1)C1C(=O)N(C)C(=O)N(C)C1=N2. The third-order valence-electron chi connectivity index (χ3n) is 4.35. The number of aliphatic imine (C=N–C) groups is 1. The Morgan fingerprint density at radius 3 is 2.61 bits per heavy atom. The van der Waals surface area contributed by atoms with Gasteiger partial charge in [-0.15, -0.1) is 10.1 Å². The van der Waals surface area contributed by atoms with Gasteiger partial charge in [-0.1, -0.05) is 18.8 Å². The number of hydrogen-bond acceptors (Lipinski definition) is 5. The highest BCUT2D eigenvalue weighted by Gasteiger charge is 2.53. The van der Waals surface area contributed by atoms with Crippen LogP contribution in [0.5, 0.6) is 0 Å². The van der Waals surface area contributed by atoms with Crippen LogP contribution in [0.15, 0.2) is 10.1 Å². The Kier molecular flexibility index (Phi) is 3.69. The maximum atomic E-state index is 12.6. The molecule has 0 N–H and O–H groups in total. The summed E-state index contributed by atoms with van der Waals surface area (Å²) in [5.41, 5.74) is 0.934. The van der Waals surface area contributed by atoms with Crippen molar-refractivity contribution in [1.82, 2.24) is 14.8 Å². The Morgan fingerprint density at radius 2 is 1.96 bits per heavy atom. The molecule has 0 bridgehead atoms. The quantitative estimate of drug-likeness (QED) is 0.707. The first kappa shape index (κ1) is 15.6. The molecular formula is C15H23N6O2+. The van der Waals surface area contributed by atoms with Gasteiger partial charge in [0.15, 0.2) is 0 Å². The normalized spacial score (nSPS) is 24.3. The molecule has 1 fully saturated rings. The minimum atomic E-state index is -0.537. The number of carbonyl (C=O) groups is 2. The van der Waals surface area contributed by atoms with Gasteiger partial charge in [0.25, 0.3) is 5.91 Å². The van der Waals surface area contributed by atoms with Crippen molar-refractivity contribution in [3.05, 3.63) is 0 Å². The third kappa shape index (κ3) is 2.42. The molecule has 8 heteroatoms. The second-order valence-electron chi connectivity index (χ2n) is 6.68. The molecule has 0 radical (unpaired) electrons. The van der Waals surface area contributed by atoms with E-state index in [1.165, 1.54) is 11.9 Å². The van der Waals surface area contributed by atoms with Gasteiger partial charge in [-0.3, -0.25) is 14.6 Å². The molecule has 0 aromatic rings. The molecule has 0 spiro atoms. The smallest absolute Gasteiger partial charge is 0.270 e. The van der Waals surface area contributed by atoms with Gasteiger partial charge < -0.3 is 0 Å². The van der Waals surface area contributed by atoms with Gasteiger partial charge in [-0.25, -0.2) is 9.37 Å². The molecule has 0 aromatic carbocycles. The van der Waals surface area contributed by atoms with Crippen molar-refractivity contribution in [1.29, 1.82) is 0 Å². The van der Waals surface area contributed by atoms with E-state index < -0.39 is 6.04 Å². The standard InChI is InChI=1S/C15H23N6O2/c1-9(2)6-7-21-14-16-12-11(20(14)8-10(3)17-21)13(22)19(5)15(23)18(12)4/h9,11H,6-8H2,1-5H3/q+1. The largest absolute Gasteiger partial charge is 0.416 e. The number of carbonyl (C=O) groups excluding carboxylic acids is 2. The van der Waals surface area contributed by atoms with Crippen LogP contribution >= 0.6 is 0 Å². The van der Waals surface area contributed by atoms with Gasteiger partial charge in [-0.2, -0.15) is 0 Å². The van der Waals surface area contributed by atoms with E-state index in [4.69, 9.17) is 0 Å². The monoisotopic (exact) mass is 319 g/mol. The number of likely N-dealkylation sites (N-methyl/N-ethyl adjacent to an activating group) is 2. The van der Waals surface area contributed by atoms with Crippen LogP contribution in [-0.4, -0.2) is 82.1 Å². The molecule has 3 rings (SSSR count). The number of hydrogen-bond donors (Lipinski definition) is 0. The zero-order chi connectivity index (χ0) is 16.9. The van der Waals surface area contributed by atoms with Gasteiger partial charge in [0.1, 0.15) is 6.54 Å². The van der Waals surface area contributed by atoms with E-state index in [0.29, 0.717) is 24.3 Å². The third-order valence-corrected chi connectivity index (χ3v) is 4.35. The predicted molar refractivity (Wildman–Crippen MR) is 86.6 cm³/mol. The van der Waals surface area contributed by atoms with E-state index in [2.05, 4.69) is 23.9 Å². The van der Waals surface area contributed by atoms with Crippen molar-refractivity contribution >= 4 is 29.4 Å². The molecule has 3 amide bonds. The summed E-state index contributed by atoms with van der Waals surface area (Å²) in [5, 5.41) is 6.44. The van der Waals surface area contributed by atoms with Gasteiger partial charge in [0.2, 0.25) is 11.9 Å². The maximum absolute atomic E-state index is 12.6. The van der Waals surface area contributed by atoms with Crippen LogP contribution in [0.1, 0.15) is 27.2 Å². The average Bonchev–Trinajstić information content (AvgIpc) is 2.87. The Bertz CT molecular complexity index is 663. The molecule has 1 saturated heterocycles. The Labute approximate surface area is 135 Å². The zero-order valence-electron chi connectivity index (χ0n) is 14.3. The molecule has 23 heavy (non-hydrogen) atoms. The number of urea groups is 1. The summed E-state index contributed by atoms with van der Waals surface area (Å²) in [6.07, 6.45) is 0.978. The lowest BCUT2D eigenvalue weighted by molar-refractivity contribution is -0.527. The number of amidine groups is 1. The van der Waals surface area contributed by atoms with Crippen molar-refractivity contribution in [2.45, 2.75) is 33.2 Å². The van der Waals surface area contributed by atoms with E-state index in [9.17, 15) is 9.59 Å². The molecule has 1 atom stereocenters. The summed E-state index contributed by atoms with van der Waals surface area (Å²) < 4.78 is 1.94. The van der Waals surface area contributed by atoms with Crippen LogP contribution in [0, 0.1) is 5.92 Å². The van der Waals surface area contributed by atoms with Crippen molar-refractivity contribution in [2.24, 2.45) is 16.0 Å². The number of rotatable bonds is 3. The summed E-state index contributed by atoms with van der Waals surface area (Å²) in [4.78, 5) is 31.9. The van der Waals surface area contributed by atoms with E-state index in [0.717, 1.165) is 23.6 Å². The van der Waals surface area contributed by atoms with Crippen LogP contribution in [0.2, 0.25) is 0 Å². The maximum Gasteiger partial charge on any atom is 0.416 e. The Morgan fingerprint density at radius 1 is 1.26 bits per heavy atom. The Balaban J connectivity index is 1.97. The highest BCUT2D eigenvalue weighted by Crippen LogP contribution is 2.22. The zero-order valence-corrected chi connectivity index (χ0v) is 14.3. The molecule has 3 heterocycles. The van der Waals surface area contributed by atoms with Crippen LogP contribution in [0.3, 0.4) is 0 Å². The second-order valence-corrected chi connectivity index (χ2v) is 6.68. The van der Waals surface area contributed by atoms with Crippen LogP contribution in [0.4, 0.5) is 4.79 Å². The van der Waals surface area contributed by atoms with Crippen molar-refractivity contribution < 1.29 is 14.2 Å². The molecule has 0 aromatic heterocycles. The minimum absolute atomic E-state index is 0.236. The number of imide groups is 1. The van der Waals surface area contributed by atoms with E-state index in [-0.39, 0.29) is 11.9 Å². The number of hydrazone groups is 1. The fraction of sp³-hybridized carbons (Fsp3) is 0.667. The number of amides is 3. The molecule has 0 saturated carbocycles.